The zero-order valence-electron chi connectivity index (χ0n) is 12.7. The van der Waals surface area contributed by atoms with Crippen molar-refractivity contribution in [2.45, 2.75) is 53.5 Å². The molecule has 0 aliphatic heterocycles. The molecule has 1 aromatic carbocycles. The van der Waals surface area contributed by atoms with E-state index in [2.05, 4.69) is 42.5 Å². The quantitative estimate of drug-likeness (QED) is 0.839. The number of thiazole rings is 1. The van der Waals surface area contributed by atoms with Gasteiger partial charge >= 0.3 is 0 Å². The molecule has 0 aliphatic carbocycles. The Morgan fingerprint density at radius 3 is 2.65 bits per heavy atom. The zero-order valence-corrected chi connectivity index (χ0v) is 13.5. The molecule has 4 heteroatoms. The van der Waals surface area contributed by atoms with E-state index in [0.29, 0.717) is 6.42 Å². The lowest BCUT2D eigenvalue weighted by Gasteiger charge is -2.04. The van der Waals surface area contributed by atoms with E-state index in [-0.39, 0.29) is 5.91 Å². The summed E-state index contributed by atoms with van der Waals surface area (Å²) in [7, 11) is 0. The lowest BCUT2D eigenvalue weighted by Crippen LogP contribution is -2.16. The molecule has 1 heterocycles. The molecule has 0 atom stereocenters. The van der Waals surface area contributed by atoms with E-state index >= 15 is 0 Å². The van der Waals surface area contributed by atoms with Gasteiger partial charge in [-0.1, -0.05) is 31.3 Å². The molecule has 0 saturated heterocycles. The van der Waals surface area contributed by atoms with Crippen LogP contribution in [-0.4, -0.2) is 10.5 Å². The van der Waals surface area contributed by atoms with Crippen LogP contribution in [0.1, 0.15) is 44.2 Å². The Labute approximate surface area is 124 Å². The lowest BCUT2D eigenvalue weighted by atomic mass is 10.1. The van der Waals surface area contributed by atoms with Crippen molar-refractivity contribution in [3.05, 3.63) is 28.1 Å². The summed E-state index contributed by atoms with van der Waals surface area (Å²) in [5, 5.41) is 0. The first-order valence-corrected chi connectivity index (χ1v) is 8.06. The molecule has 0 bridgehead atoms. The van der Waals surface area contributed by atoms with Crippen LogP contribution < -0.4 is 4.80 Å². The Hall–Kier alpha value is -1.42. The van der Waals surface area contributed by atoms with Gasteiger partial charge in [0.15, 0.2) is 4.80 Å². The number of amides is 1. The van der Waals surface area contributed by atoms with Crippen LogP contribution in [0, 0.1) is 13.8 Å². The minimum absolute atomic E-state index is 0.0155. The van der Waals surface area contributed by atoms with Crippen molar-refractivity contribution in [1.82, 2.24) is 4.57 Å². The first-order valence-electron chi connectivity index (χ1n) is 7.25. The summed E-state index contributed by atoms with van der Waals surface area (Å²) in [6, 6.07) is 4.38. The highest BCUT2D eigenvalue weighted by molar-refractivity contribution is 7.16. The molecule has 2 aromatic rings. The fourth-order valence-corrected chi connectivity index (χ4v) is 3.54. The minimum Gasteiger partial charge on any atom is -0.316 e. The van der Waals surface area contributed by atoms with Crippen LogP contribution in [0.5, 0.6) is 0 Å². The third-order valence-corrected chi connectivity index (χ3v) is 4.48. The highest BCUT2D eigenvalue weighted by Gasteiger charge is 2.09. The summed E-state index contributed by atoms with van der Waals surface area (Å²) in [5.74, 6) is -0.0155. The van der Waals surface area contributed by atoms with Crippen molar-refractivity contribution in [2.75, 3.05) is 0 Å². The molecule has 1 aromatic heterocycles. The summed E-state index contributed by atoms with van der Waals surface area (Å²) in [6.07, 6.45) is 2.41. The number of hydrogen-bond donors (Lipinski definition) is 0. The predicted molar refractivity (Wildman–Crippen MR) is 85.1 cm³/mol. The molecule has 0 saturated carbocycles. The average molecular weight is 290 g/mol. The second-order valence-corrected chi connectivity index (χ2v) is 6.20. The number of carbonyl (C=O) groups is 1. The van der Waals surface area contributed by atoms with Crippen LogP contribution in [0.2, 0.25) is 0 Å². The van der Waals surface area contributed by atoms with Gasteiger partial charge in [-0.25, -0.2) is 0 Å². The molecule has 0 unspecified atom stereocenters. The van der Waals surface area contributed by atoms with Gasteiger partial charge in [0, 0.05) is 13.0 Å². The van der Waals surface area contributed by atoms with Crippen molar-refractivity contribution in [2.24, 2.45) is 4.99 Å². The van der Waals surface area contributed by atoms with Gasteiger partial charge in [-0.05, 0) is 43.9 Å². The van der Waals surface area contributed by atoms with Crippen molar-refractivity contribution >= 4 is 27.5 Å². The molecule has 0 aliphatic rings. The molecule has 0 fully saturated rings. The van der Waals surface area contributed by atoms with E-state index in [1.54, 1.807) is 11.3 Å². The van der Waals surface area contributed by atoms with Crippen molar-refractivity contribution < 1.29 is 4.79 Å². The van der Waals surface area contributed by atoms with Gasteiger partial charge in [0.1, 0.15) is 0 Å². The summed E-state index contributed by atoms with van der Waals surface area (Å²) in [6.45, 7) is 9.29. The van der Waals surface area contributed by atoms with Crippen LogP contribution >= 0.6 is 11.3 Å². The molecular weight excluding hydrogens is 268 g/mol. The Morgan fingerprint density at radius 2 is 2.00 bits per heavy atom. The molecule has 0 spiro atoms. The smallest absolute Gasteiger partial charge is 0.248 e. The van der Waals surface area contributed by atoms with Crippen LogP contribution in [-0.2, 0) is 11.3 Å². The number of nitrogens with zero attached hydrogens (tertiary/aromatic N) is 2. The maximum Gasteiger partial charge on any atom is 0.248 e. The molecule has 108 valence electrons. The zero-order chi connectivity index (χ0) is 14.7. The van der Waals surface area contributed by atoms with Crippen molar-refractivity contribution in [1.29, 1.82) is 0 Å². The van der Waals surface area contributed by atoms with Gasteiger partial charge < -0.3 is 4.57 Å². The van der Waals surface area contributed by atoms with Crippen LogP contribution in [0.4, 0.5) is 0 Å². The number of fused-ring (bicyclic) bond motifs is 1. The van der Waals surface area contributed by atoms with Crippen LogP contribution in [0.15, 0.2) is 17.1 Å². The lowest BCUT2D eigenvalue weighted by molar-refractivity contribution is -0.118. The van der Waals surface area contributed by atoms with E-state index in [9.17, 15) is 4.79 Å². The highest BCUT2D eigenvalue weighted by atomic mass is 32.1. The Kier molecular flexibility index (Phi) is 4.76. The number of benzene rings is 1. The normalized spacial score (nSPS) is 12.3. The largest absolute Gasteiger partial charge is 0.316 e. The Bertz CT molecular complexity index is 694. The van der Waals surface area contributed by atoms with Gasteiger partial charge in [-0.2, -0.15) is 4.99 Å². The molecule has 0 N–H and O–H groups in total. The predicted octanol–water partition coefficient (Wildman–Crippen LogP) is 3.96. The molecule has 3 nitrogen and oxygen atoms in total. The van der Waals surface area contributed by atoms with E-state index in [4.69, 9.17) is 0 Å². The summed E-state index contributed by atoms with van der Waals surface area (Å²) >= 11 is 1.63. The Morgan fingerprint density at radius 1 is 1.25 bits per heavy atom. The van der Waals surface area contributed by atoms with E-state index in [1.807, 2.05) is 6.92 Å². The minimum atomic E-state index is -0.0155. The van der Waals surface area contributed by atoms with E-state index < -0.39 is 0 Å². The molecule has 20 heavy (non-hydrogen) atoms. The standard InChI is InChI=1S/C16H22N2OS/c1-5-7-14(19)17-16-18(8-6-2)13-10-11(3)9-12(4)15(13)20-16/h9-10H,5-8H2,1-4H3. The monoisotopic (exact) mass is 290 g/mol. The Balaban J connectivity index is 2.68. The van der Waals surface area contributed by atoms with Gasteiger partial charge in [-0.3, -0.25) is 4.79 Å². The number of aryl methyl sites for hydroxylation is 3. The average Bonchev–Trinajstić information content (AvgIpc) is 2.69. The highest BCUT2D eigenvalue weighted by Crippen LogP contribution is 2.23. The molecule has 0 radical (unpaired) electrons. The number of carbonyl (C=O) groups excluding carboxylic acids is 1. The van der Waals surface area contributed by atoms with Gasteiger partial charge in [0.2, 0.25) is 5.91 Å². The fraction of sp³-hybridized carbons (Fsp3) is 0.500. The number of rotatable bonds is 4. The second kappa shape index (κ2) is 6.35. The maximum absolute atomic E-state index is 11.8. The van der Waals surface area contributed by atoms with Gasteiger partial charge in [0.05, 0.1) is 10.2 Å². The van der Waals surface area contributed by atoms with Crippen molar-refractivity contribution in [3.8, 4) is 0 Å². The number of aromatic nitrogens is 1. The fourth-order valence-electron chi connectivity index (χ4n) is 2.41. The van der Waals surface area contributed by atoms with Gasteiger partial charge in [0.25, 0.3) is 0 Å². The summed E-state index contributed by atoms with van der Waals surface area (Å²) in [5.41, 5.74) is 3.72. The number of hydrogen-bond acceptors (Lipinski definition) is 2. The SMILES string of the molecule is CCCC(=O)N=c1sc2c(C)cc(C)cc2n1CCC. The molecule has 2 rings (SSSR count). The topological polar surface area (TPSA) is 34.4 Å². The first kappa shape index (κ1) is 15.0. The maximum atomic E-state index is 11.8. The van der Waals surface area contributed by atoms with E-state index in [0.717, 1.165) is 24.2 Å². The molecule has 1 amide bonds. The first-order chi connectivity index (χ1) is 9.56. The van der Waals surface area contributed by atoms with Crippen LogP contribution in [0.3, 0.4) is 0 Å². The summed E-state index contributed by atoms with van der Waals surface area (Å²) in [4.78, 5) is 17.0. The third kappa shape index (κ3) is 3.01. The summed E-state index contributed by atoms with van der Waals surface area (Å²) < 4.78 is 3.43. The molecular formula is C16H22N2OS. The van der Waals surface area contributed by atoms with Crippen molar-refractivity contribution in [3.63, 3.8) is 0 Å². The third-order valence-electron chi connectivity index (χ3n) is 3.25. The van der Waals surface area contributed by atoms with Crippen LogP contribution in [0.25, 0.3) is 10.2 Å². The van der Waals surface area contributed by atoms with E-state index in [1.165, 1.54) is 21.3 Å². The second-order valence-electron chi connectivity index (χ2n) is 5.22. The van der Waals surface area contributed by atoms with Gasteiger partial charge in [-0.15, -0.1) is 0 Å².